The van der Waals surface area contributed by atoms with Gasteiger partial charge in [-0.3, -0.25) is 18.1 Å². The first-order valence-electron chi connectivity index (χ1n) is 10.6. The van der Waals surface area contributed by atoms with Gasteiger partial charge in [-0.15, -0.1) is 0 Å². The van der Waals surface area contributed by atoms with Crippen molar-refractivity contribution in [1.29, 1.82) is 0 Å². The summed E-state index contributed by atoms with van der Waals surface area (Å²) in [5.74, 6) is 0.333. The summed E-state index contributed by atoms with van der Waals surface area (Å²) >= 11 is 9.67. The number of primary amides is 1. The van der Waals surface area contributed by atoms with Gasteiger partial charge < -0.3 is 15.6 Å². The number of carbonyl (C=O) groups excluding carboxylic acids is 2. The molecule has 31 heavy (non-hydrogen) atoms. The highest BCUT2D eigenvalue weighted by atomic mass is 35.5. The van der Waals surface area contributed by atoms with Crippen molar-refractivity contribution in [3.05, 3.63) is 28.2 Å². The summed E-state index contributed by atoms with van der Waals surface area (Å²) in [5, 5.41) is 3.51. The van der Waals surface area contributed by atoms with Gasteiger partial charge in [-0.25, -0.2) is 0 Å². The molecule has 5 fully saturated rings. The Bertz CT molecular complexity index is 969. The lowest BCUT2D eigenvalue weighted by molar-refractivity contribution is -0.147. The fourth-order valence-electron chi connectivity index (χ4n) is 6.59. The molecule has 10 heteroatoms. The molecule has 7 nitrogen and oxygen atoms in total. The molecule has 3 unspecified atom stereocenters. The number of nitrogens with two attached hydrogens (primary N) is 1. The molecule has 6 rings (SSSR count). The van der Waals surface area contributed by atoms with Crippen LogP contribution in [-0.2, 0) is 20.9 Å². The maximum atomic E-state index is 13.5. The van der Waals surface area contributed by atoms with E-state index in [2.05, 4.69) is 5.32 Å². The molecular formula is C21H24Cl2N3O4S-. The SMILES string of the molecule is NC(=O)C12CC3CC(C1)C(NC(=O)C1(N(c4cccc(Cl)c4Cl)S(=O)[O-])CC1)C(C3)C2. The third kappa shape index (κ3) is 3.29. The summed E-state index contributed by atoms with van der Waals surface area (Å²) in [7, 11) is 0. The summed E-state index contributed by atoms with van der Waals surface area (Å²) in [5.41, 5.74) is 4.32. The van der Waals surface area contributed by atoms with Crippen LogP contribution in [0, 0.1) is 23.2 Å². The van der Waals surface area contributed by atoms with Gasteiger partial charge in [0.25, 0.3) is 0 Å². The van der Waals surface area contributed by atoms with E-state index in [4.69, 9.17) is 28.9 Å². The zero-order chi connectivity index (χ0) is 22.1. The van der Waals surface area contributed by atoms with Crippen molar-refractivity contribution in [2.75, 3.05) is 4.31 Å². The molecule has 0 aromatic heterocycles. The van der Waals surface area contributed by atoms with Crippen LogP contribution in [0.25, 0.3) is 0 Å². The minimum Gasteiger partial charge on any atom is -0.755 e. The first-order chi connectivity index (χ1) is 14.7. The Balaban J connectivity index is 1.40. The first-order valence-corrected chi connectivity index (χ1v) is 12.4. The monoisotopic (exact) mass is 484 g/mol. The number of nitrogens with one attached hydrogen (secondary N) is 1. The molecule has 0 aliphatic heterocycles. The number of anilines is 1. The quantitative estimate of drug-likeness (QED) is 0.603. The molecule has 168 valence electrons. The van der Waals surface area contributed by atoms with Gasteiger partial charge in [0.15, 0.2) is 0 Å². The molecular weight excluding hydrogens is 461 g/mol. The van der Waals surface area contributed by atoms with Crippen molar-refractivity contribution >= 4 is 52.0 Å². The minimum absolute atomic E-state index is 0.0641. The van der Waals surface area contributed by atoms with E-state index in [0.29, 0.717) is 31.6 Å². The maximum Gasteiger partial charge on any atom is 0.247 e. The number of rotatable bonds is 6. The van der Waals surface area contributed by atoms with Crippen LogP contribution in [0.5, 0.6) is 0 Å². The topological polar surface area (TPSA) is 116 Å². The second-order valence-electron chi connectivity index (χ2n) is 9.73. The summed E-state index contributed by atoms with van der Waals surface area (Å²) in [6, 6.07) is 4.67. The molecule has 0 heterocycles. The van der Waals surface area contributed by atoms with Gasteiger partial charge >= 0.3 is 0 Å². The van der Waals surface area contributed by atoms with Crippen LogP contribution in [0.1, 0.15) is 44.9 Å². The van der Waals surface area contributed by atoms with Crippen LogP contribution in [0.4, 0.5) is 5.69 Å². The van der Waals surface area contributed by atoms with Crippen molar-refractivity contribution in [2.45, 2.75) is 56.5 Å². The third-order valence-corrected chi connectivity index (χ3v) is 9.58. The van der Waals surface area contributed by atoms with Crippen LogP contribution in [0.15, 0.2) is 18.2 Å². The van der Waals surface area contributed by atoms with Gasteiger partial charge in [0.2, 0.25) is 11.8 Å². The lowest BCUT2D eigenvalue weighted by Gasteiger charge is -2.59. The molecule has 5 saturated carbocycles. The Morgan fingerprint density at radius 2 is 1.81 bits per heavy atom. The van der Waals surface area contributed by atoms with E-state index >= 15 is 0 Å². The largest absolute Gasteiger partial charge is 0.755 e. The molecule has 0 radical (unpaired) electrons. The van der Waals surface area contributed by atoms with Crippen molar-refractivity contribution < 1.29 is 18.4 Å². The molecule has 1 aromatic carbocycles. The number of hydrogen-bond acceptors (Lipinski definition) is 4. The highest BCUT2D eigenvalue weighted by Crippen LogP contribution is 2.60. The minimum atomic E-state index is -2.71. The molecule has 4 bridgehead atoms. The lowest BCUT2D eigenvalue weighted by atomic mass is 9.47. The number of halogens is 2. The Labute approximate surface area is 193 Å². The van der Waals surface area contributed by atoms with E-state index in [1.165, 1.54) is 0 Å². The van der Waals surface area contributed by atoms with E-state index in [1.54, 1.807) is 18.2 Å². The average molecular weight is 485 g/mol. The smallest absolute Gasteiger partial charge is 0.247 e. The number of benzene rings is 1. The predicted molar refractivity (Wildman–Crippen MR) is 117 cm³/mol. The second-order valence-corrected chi connectivity index (χ2v) is 11.3. The van der Waals surface area contributed by atoms with E-state index in [-0.39, 0.29) is 45.4 Å². The van der Waals surface area contributed by atoms with Gasteiger partial charge in [-0.1, -0.05) is 29.3 Å². The highest BCUT2D eigenvalue weighted by molar-refractivity contribution is 7.80. The summed E-state index contributed by atoms with van der Waals surface area (Å²) in [6.45, 7) is 0. The number of nitrogens with zero attached hydrogens (tertiary/aromatic N) is 1. The summed E-state index contributed by atoms with van der Waals surface area (Å²) < 4.78 is 25.5. The van der Waals surface area contributed by atoms with Gasteiger partial charge in [-0.2, -0.15) is 0 Å². The van der Waals surface area contributed by atoms with Crippen LogP contribution in [0.2, 0.25) is 10.0 Å². The van der Waals surface area contributed by atoms with Gasteiger partial charge in [-0.05, 0) is 74.8 Å². The van der Waals surface area contributed by atoms with Crippen LogP contribution in [-0.4, -0.2) is 32.2 Å². The molecule has 5 aliphatic carbocycles. The number of amides is 2. The molecule has 5 aliphatic rings. The van der Waals surface area contributed by atoms with Gasteiger partial charge in [0, 0.05) is 22.7 Å². The predicted octanol–water partition coefficient (Wildman–Crippen LogP) is 2.92. The Kier molecular flexibility index (Phi) is 5.08. The summed E-state index contributed by atoms with van der Waals surface area (Å²) in [6.07, 6.45) is 5.02. The number of carbonyl (C=O) groups is 2. The lowest BCUT2D eigenvalue weighted by Crippen LogP contribution is -2.64. The molecule has 0 spiro atoms. The summed E-state index contributed by atoms with van der Waals surface area (Å²) in [4.78, 5) is 25.6. The zero-order valence-electron chi connectivity index (χ0n) is 16.8. The van der Waals surface area contributed by atoms with Crippen molar-refractivity contribution in [3.63, 3.8) is 0 Å². The molecule has 0 saturated heterocycles. The van der Waals surface area contributed by atoms with Crippen LogP contribution < -0.4 is 15.4 Å². The Morgan fingerprint density at radius 1 is 1.16 bits per heavy atom. The molecule has 1 aromatic rings. The van der Waals surface area contributed by atoms with E-state index in [9.17, 15) is 18.4 Å². The first kappa shape index (κ1) is 21.5. The Hall–Kier alpha value is -1.35. The normalized spacial score (nSPS) is 35.5. The maximum absolute atomic E-state index is 13.5. The third-order valence-electron chi connectivity index (χ3n) is 7.93. The van der Waals surface area contributed by atoms with Crippen LogP contribution in [0.3, 0.4) is 0 Å². The van der Waals surface area contributed by atoms with E-state index in [0.717, 1.165) is 23.6 Å². The highest BCUT2D eigenvalue weighted by Gasteiger charge is 2.61. The van der Waals surface area contributed by atoms with Crippen molar-refractivity contribution in [1.82, 2.24) is 5.32 Å². The fourth-order valence-corrected chi connectivity index (χ4v) is 7.88. The fraction of sp³-hybridized carbons (Fsp3) is 0.619. The molecule has 2 amide bonds. The van der Waals surface area contributed by atoms with Crippen molar-refractivity contribution in [3.8, 4) is 0 Å². The van der Waals surface area contributed by atoms with E-state index in [1.807, 2.05) is 0 Å². The molecule has 3 N–H and O–H groups in total. The van der Waals surface area contributed by atoms with E-state index < -0.39 is 22.2 Å². The van der Waals surface area contributed by atoms with Gasteiger partial charge in [0.05, 0.1) is 15.7 Å². The average Bonchev–Trinajstić information content (AvgIpc) is 3.49. The Morgan fingerprint density at radius 3 is 2.35 bits per heavy atom. The molecule has 3 atom stereocenters. The zero-order valence-corrected chi connectivity index (χ0v) is 19.1. The standard InChI is InChI=1S/C21H25Cl2N3O4S/c22-14-2-1-3-15(16(14)23)26(31(29)30)21(4-5-21)19(28)25-17-12-6-11-7-13(17)10-20(8-11,9-12)18(24)27/h1-3,11-13,17H,4-10H2,(H2,24,27)(H,25,28)(H,29,30)/p-1. The number of hydrogen-bond donors (Lipinski definition) is 2. The van der Waals surface area contributed by atoms with Crippen molar-refractivity contribution in [2.24, 2.45) is 28.9 Å². The second kappa shape index (κ2) is 7.33. The van der Waals surface area contributed by atoms with Crippen LogP contribution >= 0.6 is 23.2 Å². The van der Waals surface area contributed by atoms with Gasteiger partial charge in [0.1, 0.15) is 5.54 Å².